The van der Waals surface area contributed by atoms with Gasteiger partial charge in [0.1, 0.15) is 0 Å². The summed E-state index contributed by atoms with van der Waals surface area (Å²) < 4.78 is 5.74. The zero-order valence-electron chi connectivity index (χ0n) is 13.7. The van der Waals surface area contributed by atoms with E-state index in [0.29, 0.717) is 15.7 Å². The second kappa shape index (κ2) is 7.61. The van der Waals surface area contributed by atoms with E-state index in [4.69, 9.17) is 16.3 Å². The highest BCUT2D eigenvalue weighted by molar-refractivity contribution is 7.13. The molecule has 7 heteroatoms. The van der Waals surface area contributed by atoms with Crippen molar-refractivity contribution in [3.05, 3.63) is 45.9 Å². The number of thiazole rings is 1. The summed E-state index contributed by atoms with van der Waals surface area (Å²) in [4.78, 5) is 19.0. The molecule has 5 nitrogen and oxygen atoms in total. The van der Waals surface area contributed by atoms with Crippen LogP contribution in [0.25, 0.3) is 0 Å². The van der Waals surface area contributed by atoms with Crippen LogP contribution in [0, 0.1) is 0 Å². The van der Waals surface area contributed by atoms with Crippen molar-refractivity contribution in [1.29, 1.82) is 0 Å². The minimum absolute atomic E-state index is 0.179. The van der Waals surface area contributed by atoms with Crippen molar-refractivity contribution >= 4 is 34.0 Å². The standard InChI is InChI=1S/C17H20ClN3O2S/c1-11-7-21(8-12(2)23-11)9-15-10-24-17(19-15)20-16(22)13-3-5-14(18)6-4-13/h3-6,10-12H,7-9H2,1-2H3,(H,19,20,22)/t11-,12-/m0/s1. The van der Waals surface area contributed by atoms with Gasteiger partial charge in [-0.25, -0.2) is 4.98 Å². The first-order valence-corrected chi connectivity index (χ1v) is 9.14. The van der Waals surface area contributed by atoms with E-state index in [9.17, 15) is 4.79 Å². The summed E-state index contributed by atoms with van der Waals surface area (Å²) in [6, 6.07) is 6.79. The number of hydrogen-bond acceptors (Lipinski definition) is 5. The van der Waals surface area contributed by atoms with Crippen LogP contribution in [0.15, 0.2) is 29.6 Å². The number of nitrogens with one attached hydrogen (secondary N) is 1. The van der Waals surface area contributed by atoms with Gasteiger partial charge < -0.3 is 4.74 Å². The summed E-state index contributed by atoms with van der Waals surface area (Å²) in [7, 11) is 0. The molecule has 1 aliphatic heterocycles. The minimum atomic E-state index is -0.179. The molecule has 2 atom stereocenters. The van der Waals surface area contributed by atoms with Crippen molar-refractivity contribution in [2.45, 2.75) is 32.6 Å². The first-order valence-electron chi connectivity index (χ1n) is 7.89. The topological polar surface area (TPSA) is 54.5 Å². The lowest BCUT2D eigenvalue weighted by Gasteiger charge is -2.34. The number of carbonyl (C=O) groups excluding carboxylic acids is 1. The van der Waals surface area contributed by atoms with E-state index in [0.717, 1.165) is 25.3 Å². The van der Waals surface area contributed by atoms with Crippen molar-refractivity contribution in [1.82, 2.24) is 9.88 Å². The van der Waals surface area contributed by atoms with Crippen LogP contribution in [0.2, 0.25) is 5.02 Å². The first kappa shape index (κ1) is 17.4. The lowest BCUT2D eigenvalue weighted by Crippen LogP contribution is -2.44. The molecule has 1 aromatic heterocycles. The number of halogens is 1. The molecule has 1 aliphatic rings. The Hall–Kier alpha value is -1.47. The van der Waals surface area contributed by atoms with Gasteiger partial charge in [0, 0.05) is 35.6 Å². The summed E-state index contributed by atoms with van der Waals surface area (Å²) >= 11 is 7.28. The van der Waals surface area contributed by atoms with E-state index >= 15 is 0 Å². The van der Waals surface area contributed by atoms with Crippen molar-refractivity contribution in [2.24, 2.45) is 0 Å². The van der Waals surface area contributed by atoms with E-state index < -0.39 is 0 Å². The largest absolute Gasteiger partial charge is 0.373 e. The highest BCUT2D eigenvalue weighted by Crippen LogP contribution is 2.20. The number of carbonyl (C=O) groups is 1. The van der Waals surface area contributed by atoms with Gasteiger partial charge in [0.15, 0.2) is 5.13 Å². The summed E-state index contributed by atoms with van der Waals surface area (Å²) in [6.07, 6.45) is 0.466. The van der Waals surface area contributed by atoms with E-state index in [1.165, 1.54) is 11.3 Å². The van der Waals surface area contributed by atoms with Crippen molar-refractivity contribution in [3.63, 3.8) is 0 Å². The van der Waals surface area contributed by atoms with E-state index in [-0.39, 0.29) is 18.1 Å². The molecule has 1 amide bonds. The monoisotopic (exact) mass is 365 g/mol. The smallest absolute Gasteiger partial charge is 0.257 e. The Morgan fingerprint density at radius 1 is 1.33 bits per heavy atom. The van der Waals surface area contributed by atoms with Crippen LogP contribution in [0.5, 0.6) is 0 Å². The summed E-state index contributed by atoms with van der Waals surface area (Å²) in [5, 5.41) is 6.04. The third-order valence-corrected chi connectivity index (χ3v) is 4.82. The molecule has 0 bridgehead atoms. The van der Waals surface area contributed by atoms with Gasteiger partial charge >= 0.3 is 0 Å². The van der Waals surface area contributed by atoms with Crippen LogP contribution in [-0.2, 0) is 11.3 Å². The molecule has 1 saturated heterocycles. The van der Waals surface area contributed by atoms with Gasteiger partial charge in [0.2, 0.25) is 0 Å². The normalized spacial score (nSPS) is 21.6. The maximum Gasteiger partial charge on any atom is 0.257 e. The van der Waals surface area contributed by atoms with Crippen LogP contribution in [0.4, 0.5) is 5.13 Å². The molecular formula is C17H20ClN3O2S. The lowest BCUT2D eigenvalue weighted by molar-refractivity contribution is -0.0707. The molecule has 0 spiro atoms. The third kappa shape index (κ3) is 4.54. The Kier molecular flexibility index (Phi) is 5.50. The highest BCUT2D eigenvalue weighted by atomic mass is 35.5. The number of ether oxygens (including phenoxy) is 1. The fraction of sp³-hybridized carbons (Fsp3) is 0.412. The van der Waals surface area contributed by atoms with Crippen LogP contribution in [-0.4, -0.2) is 41.1 Å². The van der Waals surface area contributed by atoms with Crippen LogP contribution in [0.1, 0.15) is 29.9 Å². The Labute approximate surface area is 150 Å². The zero-order valence-corrected chi connectivity index (χ0v) is 15.2. The fourth-order valence-corrected chi connectivity index (χ4v) is 3.67. The van der Waals surface area contributed by atoms with Gasteiger partial charge in [-0.3, -0.25) is 15.0 Å². The lowest BCUT2D eigenvalue weighted by atomic mass is 10.2. The predicted octanol–water partition coefficient (Wildman–Crippen LogP) is 3.66. The van der Waals surface area contributed by atoms with Gasteiger partial charge in [-0.2, -0.15) is 0 Å². The third-order valence-electron chi connectivity index (χ3n) is 3.76. The molecule has 3 rings (SSSR count). The minimum Gasteiger partial charge on any atom is -0.373 e. The Balaban J connectivity index is 1.59. The number of amides is 1. The number of morpholine rings is 1. The fourth-order valence-electron chi connectivity index (χ4n) is 2.85. The van der Waals surface area contributed by atoms with Crippen molar-refractivity contribution < 1.29 is 9.53 Å². The van der Waals surface area contributed by atoms with Gasteiger partial charge in [0.25, 0.3) is 5.91 Å². The molecule has 1 N–H and O–H groups in total. The highest BCUT2D eigenvalue weighted by Gasteiger charge is 2.22. The number of anilines is 1. The second-order valence-corrected chi connectivity index (χ2v) is 7.35. The van der Waals surface area contributed by atoms with Crippen LogP contribution in [0.3, 0.4) is 0 Å². The van der Waals surface area contributed by atoms with E-state index in [1.807, 2.05) is 5.38 Å². The average Bonchev–Trinajstić information content (AvgIpc) is 2.93. The summed E-state index contributed by atoms with van der Waals surface area (Å²) in [6.45, 7) is 6.73. The quantitative estimate of drug-likeness (QED) is 0.898. The van der Waals surface area contributed by atoms with Gasteiger partial charge in [-0.1, -0.05) is 11.6 Å². The molecule has 0 aliphatic carbocycles. The van der Waals surface area contributed by atoms with Gasteiger partial charge in [-0.15, -0.1) is 11.3 Å². The molecule has 1 aromatic carbocycles. The second-order valence-electron chi connectivity index (χ2n) is 6.06. The van der Waals surface area contributed by atoms with E-state index in [2.05, 4.69) is 29.0 Å². The molecule has 1 fully saturated rings. The maximum atomic E-state index is 12.2. The number of benzene rings is 1. The van der Waals surface area contributed by atoms with E-state index in [1.54, 1.807) is 24.3 Å². The van der Waals surface area contributed by atoms with Crippen LogP contribution < -0.4 is 5.32 Å². The summed E-state index contributed by atoms with van der Waals surface area (Å²) in [5.41, 5.74) is 1.53. The summed E-state index contributed by atoms with van der Waals surface area (Å²) in [5.74, 6) is -0.179. The number of nitrogens with zero attached hydrogens (tertiary/aromatic N) is 2. The molecule has 2 heterocycles. The Morgan fingerprint density at radius 3 is 2.67 bits per heavy atom. The average molecular weight is 366 g/mol. The number of rotatable bonds is 4. The predicted molar refractivity (Wildman–Crippen MR) is 96.8 cm³/mol. The zero-order chi connectivity index (χ0) is 17.1. The van der Waals surface area contributed by atoms with Crippen molar-refractivity contribution in [2.75, 3.05) is 18.4 Å². The molecule has 24 heavy (non-hydrogen) atoms. The molecule has 0 saturated carbocycles. The molecule has 0 radical (unpaired) electrons. The molecule has 0 unspecified atom stereocenters. The maximum absolute atomic E-state index is 12.2. The Morgan fingerprint density at radius 2 is 2.00 bits per heavy atom. The number of hydrogen-bond donors (Lipinski definition) is 1. The Bertz CT molecular complexity index is 694. The van der Waals surface area contributed by atoms with Crippen molar-refractivity contribution in [3.8, 4) is 0 Å². The number of aromatic nitrogens is 1. The van der Waals surface area contributed by atoms with Gasteiger partial charge in [0.05, 0.1) is 17.9 Å². The van der Waals surface area contributed by atoms with Gasteiger partial charge in [-0.05, 0) is 38.1 Å². The molecular weight excluding hydrogens is 346 g/mol. The first-order chi connectivity index (χ1) is 11.5. The SMILES string of the molecule is C[C@H]1CN(Cc2csc(NC(=O)c3ccc(Cl)cc3)n2)C[C@H](C)O1. The molecule has 128 valence electrons. The molecule has 2 aromatic rings. The van der Waals surface area contributed by atoms with Crippen LogP contribution >= 0.6 is 22.9 Å².